The molecule has 6 heteroatoms. The standard InChI is InChI=1S/C18H30N4O2/c1-23-12-9-20-18(19)21-13-15-7-10-22(11-8-15)14-16-3-5-17(24-2)6-4-16/h3-6,15H,7-14H2,1-2H3,(H3,19,20,21). The van der Waals surface area contributed by atoms with Gasteiger partial charge >= 0.3 is 0 Å². The van der Waals surface area contributed by atoms with E-state index in [0.717, 1.165) is 31.9 Å². The molecule has 0 unspecified atom stereocenters. The SMILES string of the molecule is COCCNC(N)=NCC1CCN(Cc2ccc(OC)cc2)CC1. The van der Waals surface area contributed by atoms with Crippen LogP contribution < -0.4 is 15.8 Å². The second-order valence-electron chi connectivity index (χ2n) is 6.21. The Kier molecular flexibility index (Phi) is 7.85. The summed E-state index contributed by atoms with van der Waals surface area (Å²) in [7, 11) is 3.37. The van der Waals surface area contributed by atoms with Gasteiger partial charge in [0, 0.05) is 26.7 Å². The van der Waals surface area contributed by atoms with Crippen LogP contribution >= 0.6 is 0 Å². The van der Waals surface area contributed by atoms with Gasteiger partial charge < -0.3 is 20.5 Å². The van der Waals surface area contributed by atoms with Crippen LogP contribution in [0.2, 0.25) is 0 Å². The Balaban J connectivity index is 1.68. The van der Waals surface area contributed by atoms with Crippen molar-refractivity contribution in [1.29, 1.82) is 0 Å². The molecule has 1 fully saturated rings. The van der Waals surface area contributed by atoms with E-state index in [4.69, 9.17) is 15.2 Å². The highest BCUT2D eigenvalue weighted by Crippen LogP contribution is 2.20. The summed E-state index contributed by atoms with van der Waals surface area (Å²) in [5.41, 5.74) is 7.18. The second-order valence-corrected chi connectivity index (χ2v) is 6.21. The highest BCUT2D eigenvalue weighted by atomic mass is 16.5. The number of likely N-dealkylation sites (tertiary alicyclic amines) is 1. The van der Waals surface area contributed by atoms with Crippen molar-refractivity contribution in [3.8, 4) is 5.75 Å². The van der Waals surface area contributed by atoms with Crippen LogP contribution in [0.25, 0.3) is 0 Å². The average molecular weight is 334 g/mol. The fourth-order valence-electron chi connectivity index (χ4n) is 2.88. The molecule has 0 aliphatic carbocycles. The number of hydrogen-bond donors (Lipinski definition) is 2. The first-order chi connectivity index (χ1) is 11.7. The van der Waals surface area contributed by atoms with Gasteiger partial charge in [-0.15, -0.1) is 0 Å². The molecule has 1 aromatic rings. The zero-order valence-corrected chi connectivity index (χ0v) is 14.8. The van der Waals surface area contributed by atoms with Crippen LogP contribution in [0.3, 0.4) is 0 Å². The van der Waals surface area contributed by atoms with Crippen molar-refractivity contribution in [3.05, 3.63) is 29.8 Å². The number of piperidine rings is 1. The minimum absolute atomic E-state index is 0.521. The van der Waals surface area contributed by atoms with Crippen LogP contribution in [0.15, 0.2) is 29.3 Å². The number of methoxy groups -OCH3 is 2. The van der Waals surface area contributed by atoms with E-state index in [1.54, 1.807) is 14.2 Å². The average Bonchev–Trinajstić information content (AvgIpc) is 2.62. The Morgan fingerprint density at radius 3 is 2.58 bits per heavy atom. The zero-order valence-electron chi connectivity index (χ0n) is 14.8. The lowest BCUT2D eigenvalue weighted by Gasteiger charge is -2.31. The molecule has 24 heavy (non-hydrogen) atoms. The van der Waals surface area contributed by atoms with Crippen molar-refractivity contribution >= 4 is 5.96 Å². The molecule has 3 N–H and O–H groups in total. The maximum Gasteiger partial charge on any atom is 0.188 e. The van der Waals surface area contributed by atoms with Crippen molar-refractivity contribution in [1.82, 2.24) is 10.2 Å². The largest absolute Gasteiger partial charge is 0.497 e. The third kappa shape index (κ3) is 6.37. The quantitative estimate of drug-likeness (QED) is 0.428. The van der Waals surface area contributed by atoms with E-state index in [-0.39, 0.29) is 0 Å². The molecule has 0 bridgehead atoms. The molecule has 0 spiro atoms. The van der Waals surface area contributed by atoms with E-state index in [9.17, 15) is 0 Å². The van der Waals surface area contributed by atoms with Crippen molar-refractivity contribution in [3.63, 3.8) is 0 Å². The van der Waals surface area contributed by atoms with Crippen LogP contribution in [-0.2, 0) is 11.3 Å². The molecule has 1 saturated heterocycles. The molecule has 6 nitrogen and oxygen atoms in total. The first-order valence-corrected chi connectivity index (χ1v) is 8.59. The van der Waals surface area contributed by atoms with Crippen LogP contribution in [0.4, 0.5) is 0 Å². The van der Waals surface area contributed by atoms with Gasteiger partial charge in [-0.25, -0.2) is 0 Å². The number of hydrogen-bond acceptors (Lipinski definition) is 4. The Bertz CT molecular complexity index is 496. The highest BCUT2D eigenvalue weighted by Gasteiger charge is 2.19. The number of guanidine groups is 1. The number of nitrogens with zero attached hydrogens (tertiary/aromatic N) is 2. The van der Waals surface area contributed by atoms with Crippen LogP contribution in [0, 0.1) is 5.92 Å². The molecule has 1 aliphatic heterocycles. The summed E-state index contributed by atoms with van der Waals surface area (Å²) >= 11 is 0. The van der Waals surface area contributed by atoms with Crippen molar-refractivity contribution in [2.45, 2.75) is 19.4 Å². The molecule has 0 saturated carbocycles. The summed E-state index contributed by atoms with van der Waals surface area (Å²) < 4.78 is 10.2. The minimum atomic E-state index is 0.521. The van der Waals surface area contributed by atoms with Gasteiger partial charge in [0.15, 0.2) is 5.96 Å². The van der Waals surface area contributed by atoms with E-state index < -0.39 is 0 Å². The Hall–Kier alpha value is -1.79. The first kappa shape index (κ1) is 18.5. The van der Waals surface area contributed by atoms with Crippen molar-refractivity contribution in [2.75, 3.05) is 47.0 Å². The van der Waals surface area contributed by atoms with Crippen LogP contribution in [0.5, 0.6) is 5.75 Å². The Morgan fingerprint density at radius 2 is 1.96 bits per heavy atom. The van der Waals surface area contributed by atoms with Crippen molar-refractivity contribution in [2.24, 2.45) is 16.6 Å². The first-order valence-electron chi connectivity index (χ1n) is 8.59. The van der Waals surface area contributed by atoms with Crippen molar-refractivity contribution < 1.29 is 9.47 Å². The summed E-state index contributed by atoms with van der Waals surface area (Å²) in [4.78, 5) is 6.95. The second kappa shape index (κ2) is 10.2. The molecule has 0 amide bonds. The Labute approximate surface area is 145 Å². The number of rotatable bonds is 8. The summed E-state index contributed by atoms with van der Waals surface area (Å²) in [5, 5.41) is 3.06. The molecular weight excluding hydrogens is 304 g/mol. The monoisotopic (exact) mass is 334 g/mol. The fraction of sp³-hybridized carbons (Fsp3) is 0.611. The van der Waals surface area contributed by atoms with E-state index in [1.165, 1.54) is 18.4 Å². The maximum atomic E-state index is 5.85. The summed E-state index contributed by atoms with van der Waals surface area (Å²) in [6, 6.07) is 8.33. The maximum absolute atomic E-state index is 5.85. The van der Waals surface area contributed by atoms with Gasteiger partial charge in [-0.05, 0) is 49.5 Å². The molecule has 1 aromatic carbocycles. The molecule has 0 atom stereocenters. The molecule has 1 aliphatic rings. The Morgan fingerprint density at radius 1 is 1.25 bits per heavy atom. The van der Waals surface area contributed by atoms with Crippen LogP contribution in [-0.4, -0.2) is 57.9 Å². The summed E-state index contributed by atoms with van der Waals surface area (Å²) in [6.45, 7) is 5.38. The lowest BCUT2D eigenvalue weighted by atomic mass is 9.96. The minimum Gasteiger partial charge on any atom is -0.497 e. The lowest BCUT2D eigenvalue weighted by Crippen LogP contribution is -2.36. The van der Waals surface area contributed by atoms with Gasteiger partial charge in [-0.1, -0.05) is 12.1 Å². The van der Waals surface area contributed by atoms with E-state index >= 15 is 0 Å². The fourth-order valence-corrected chi connectivity index (χ4v) is 2.88. The third-order valence-corrected chi connectivity index (χ3v) is 4.40. The number of aliphatic imine (C=N–C) groups is 1. The predicted molar refractivity (Wildman–Crippen MR) is 97.4 cm³/mol. The lowest BCUT2D eigenvalue weighted by molar-refractivity contribution is 0.180. The number of ether oxygens (including phenoxy) is 2. The number of benzene rings is 1. The highest BCUT2D eigenvalue weighted by molar-refractivity contribution is 5.77. The smallest absolute Gasteiger partial charge is 0.188 e. The van der Waals surface area contributed by atoms with Gasteiger partial charge in [0.2, 0.25) is 0 Å². The van der Waals surface area contributed by atoms with E-state index in [2.05, 4.69) is 27.3 Å². The molecular formula is C18H30N4O2. The normalized spacial score (nSPS) is 17.0. The van der Waals surface area contributed by atoms with Gasteiger partial charge in [0.25, 0.3) is 0 Å². The van der Waals surface area contributed by atoms with E-state index in [1.807, 2.05) is 12.1 Å². The van der Waals surface area contributed by atoms with Gasteiger partial charge in [0.05, 0.1) is 13.7 Å². The predicted octanol–water partition coefficient (Wildman–Crippen LogP) is 1.46. The molecule has 2 rings (SSSR count). The van der Waals surface area contributed by atoms with Gasteiger partial charge in [-0.2, -0.15) is 0 Å². The zero-order chi connectivity index (χ0) is 17.2. The topological polar surface area (TPSA) is 72.1 Å². The number of nitrogens with one attached hydrogen (secondary N) is 1. The summed E-state index contributed by atoms with van der Waals surface area (Å²) in [5.74, 6) is 2.06. The van der Waals surface area contributed by atoms with Gasteiger partial charge in [-0.3, -0.25) is 9.89 Å². The summed E-state index contributed by atoms with van der Waals surface area (Å²) in [6.07, 6.45) is 2.34. The van der Waals surface area contributed by atoms with E-state index in [0.29, 0.717) is 25.0 Å². The molecule has 134 valence electrons. The van der Waals surface area contributed by atoms with Crippen LogP contribution in [0.1, 0.15) is 18.4 Å². The molecule has 0 aromatic heterocycles. The molecule has 0 radical (unpaired) electrons. The number of nitrogens with two attached hydrogens (primary N) is 1. The third-order valence-electron chi connectivity index (χ3n) is 4.40. The van der Waals surface area contributed by atoms with Gasteiger partial charge in [0.1, 0.15) is 5.75 Å². The molecule has 1 heterocycles.